The second kappa shape index (κ2) is 15.7. The zero-order valence-electron chi connectivity index (χ0n) is 49.3. The first-order valence-corrected chi connectivity index (χ1v) is 26.2. The molecule has 0 aromatic heterocycles. The molecule has 0 atom stereocenters. The van der Waals surface area contributed by atoms with Gasteiger partial charge < -0.3 is 0 Å². The third-order valence-electron chi connectivity index (χ3n) is 16.9. The van der Waals surface area contributed by atoms with Crippen LogP contribution in [0, 0.1) is 43.3 Å². The number of fused-ring (bicyclic) bond motifs is 1. The van der Waals surface area contributed by atoms with Crippen LogP contribution in [-0.2, 0) is 41.5 Å². The van der Waals surface area contributed by atoms with E-state index < -0.39 is 65.0 Å². The van der Waals surface area contributed by atoms with Crippen LogP contribution in [0.25, 0.3) is 11.1 Å². The van der Waals surface area contributed by atoms with Crippen LogP contribution in [-0.4, -0.2) is 11.6 Å². The van der Waals surface area contributed by atoms with Gasteiger partial charge in [-0.15, -0.1) is 0 Å². The Bertz CT molecular complexity index is 2440. The number of hydrogen-bond donors (Lipinski definition) is 0. The molecule has 2 radical (unpaired) electrons. The van der Waals surface area contributed by atoms with Gasteiger partial charge in [-0.25, -0.2) is 0 Å². The van der Waals surface area contributed by atoms with Crippen LogP contribution in [0.4, 0.5) is 0 Å². The minimum absolute atomic E-state index is 0.00999. The van der Waals surface area contributed by atoms with Gasteiger partial charge in [0.15, 0.2) is 23.1 Å². The summed E-state index contributed by atoms with van der Waals surface area (Å²) < 4.78 is 0. The van der Waals surface area contributed by atoms with Gasteiger partial charge in [-0.2, -0.15) is 0 Å². The van der Waals surface area contributed by atoms with Crippen molar-refractivity contribution in [3.63, 3.8) is 0 Å². The van der Waals surface area contributed by atoms with Crippen molar-refractivity contribution in [2.75, 3.05) is 0 Å². The molecule has 2 aromatic rings. The maximum absolute atomic E-state index is 15.0. The Hall–Kier alpha value is -4.18. The highest BCUT2D eigenvalue weighted by Crippen LogP contribution is 3.11. The van der Waals surface area contributed by atoms with Gasteiger partial charge in [0.05, 0.1) is 0 Å². The maximum atomic E-state index is 15.0. The highest BCUT2D eigenvalue weighted by Gasteiger charge is 3.07. The summed E-state index contributed by atoms with van der Waals surface area (Å²) in [6, 6.07) is 7.54. The number of rotatable bonds is 4. The Morgan fingerprint density at radius 1 is 0.329 bits per heavy atom. The predicted molar refractivity (Wildman–Crippen MR) is 294 cm³/mol. The highest BCUT2D eigenvalue weighted by molar-refractivity contribution is 6.15. The third-order valence-corrected chi connectivity index (χ3v) is 16.9. The summed E-state index contributed by atoms with van der Waals surface area (Å²) in [5.41, 5.74) is 7.88. The molecule has 0 saturated heterocycles. The van der Waals surface area contributed by atoms with Crippen LogP contribution in [0.2, 0.25) is 0 Å². The molecule has 0 heterocycles. The van der Waals surface area contributed by atoms with Crippen LogP contribution in [0.3, 0.4) is 0 Å². The zero-order valence-corrected chi connectivity index (χ0v) is 49.3. The summed E-state index contributed by atoms with van der Waals surface area (Å²) in [7, 11) is 0. The number of Topliss-reactive ketones (excluding diaryl/α,β-unsaturated/α-hetero) is 2. The van der Waals surface area contributed by atoms with Crippen molar-refractivity contribution in [1.82, 2.24) is 0 Å². The average Bonchev–Trinajstić information content (AvgIpc) is 3.83. The number of benzene rings is 2. The standard InChI is InChI=1S/C66H92O4/c1-55(2,3)41-33-39(67)34-42(56(4,5)6)49(41)51(37-29-45(59(13,14)15)53(69)46(30-37)60(16,17)18)65-63(25,26)66(65,64(65,27)28)52(38-31-47(61(19,20)21)54(70)48(32-38)62(22,23)24)50-43(57(7,8)9)35-40(68)36-44(50)58(10,11)12/h29-36H,1-28H3. The van der Waals surface area contributed by atoms with Gasteiger partial charge in [-0.1, -0.05) is 194 Å². The lowest BCUT2D eigenvalue weighted by molar-refractivity contribution is -0.114. The molecular formula is C66H92O4. The Labute approximate surface area is 426 Å². The molecule has 2 fully saturated rings. The van der Waals surface area contributed by atoms with E-state index in [1.54, 1.807) is 0 Å². The number of carbonyl (C=O) groups excluding carboxylic acids is 2. The van der Waals surface area contributed by atoms with Gasteiger partial charge in [0, 0.05) is 33.1 Å². The van der Waals surface area contributed by atoms with E-state index in [2.05, 4.69) is 218 Å². The number of carbonyl (C=O) groups is 2. The highest BCUT2D eigenvalue weighted by atomic mass is 16.3. The van der Waals surface area contributed by atoms with Gasteiger partial charge in [0.25, 0.3) is 0 Å². The van der Waals surface area contributed by atoms with E-state index in [1.807, 2.05) is 24.3 Å². The Morgan fingerprint density at radius 3 is 0.671 bits per heavy atom. The van der Waals surface area contributed by atoms with Crippen molar-refractivity contribution >= 4 is 22.7 Å². The summed E-state index contributed by atoms with van der Waals surface area (Å²) in [6.45, 7) is 62.1. The van der Waals surface area contributed by atoms with Crippen LogP contribution >= 0.6 is 0 Å². The molecule has 0 N–H and O–H groups in total. The lowest BCUT2D eigenvalue weighted by Crippen LogP contribution is -2.33. The summed E-state index contributed by atoms with van der Waals surface area (Å²) in [5.74, 6) is 0.139. The molecule has 4 aliphatic carbocycles. The van der Waals surface area contributed by atoms with E-state index in [9.17, 15) is 19.8 Å². The van der Waals surface area contributed by atoms with Crippen molar-refractivity contribution in [3.8, 4) is 11.5 Å². The fourth-order valence-electron chi connectivity index (χ4n) is 13.9. The van der Waals surface area contributed by atoms with Crippen LogP contribution < -0.4 is 0 Å². The molecule has 4 nitrogen and oxygen atoms in total. The fraction of sp³-hybridized carbons (Fsp3) is 0.606. The topological polar surface area (TPSA) is 73.9 Å². The molecule has 6 rings (SSSR count). The van der Waals surface area contributed by atoms with E-state index in [4.69, 9.17) is 0 Å². The lowest BCUT2D eigenvalue weighted by atomic mass is 9.61. The van der Waals surface area contributed by atoms with Crippen molar-refractivity contribution < 1.29 is 19.8 Å². The van der Waals surface area contributed by atoms with E-state index >= 15 is 0 Å². The molecule has 0 unspecified atom stereocenters. The molecule has 2 saturated carbocycles. The molecule has 380 valence electrons. The summed E-state index contributed by atoms with van der Waals surface area (Å²) >= 11 is 0. The van der Waals surface area contributed by atoms with E-state index in [0.717, 1.165) is 66.8 Å². The van der Waals surface area contributed by atoms with Gasteiger partial charge in [-0.05, 0) is 158 Å². The number of ketones is 2. The predicted octanol–water partition coefficient (Wildman–Crippen LogP) is 18.5. The monoisotopic (exact) mass is 949 g/mol. The third kappa shape index (κ3) is 8.06. The van der Waals surface area contributed by atoms with Crippen molar-refractivity contribution in [2.24, 2.45) is 43.3 Å². The molecular weight excluding hydrogens is 857 g/mol. The summed E-state index contributed by atoms with van der Waals surface area (Å²) in [5, 5.41) is 28.5. The Kier molecular flexibility index (Phi) is 12.3. The molecule has 0 spiro atoms. The van der Waals surface area contributed by atoms with Crippen molar-refractivity contribution in [1.29, 1.82) is 0 Å². The fourth-order valence-corrected chi connectivity index (χ4v) is 13.9. The first-order valence-electron chi connectivity index (χ1n) is 26.2. The quantitative estimate of drug-likeness (QED) is 0.306. The Balaban J connectivity index is 2.07. The van der Waals surface area contributed by atoms with E-state index in [0.29, 0.717) is 0 Å². The van der Waals surface area contributed by atoms with Crippen LogP contribution in [0.1, 0.15) is 227 Å². The van der Waals surface area contributed by atoms with Crippen molar-refractivity contribution in [3.05, 3.63) is 115 Å². The van der Waals surface area contributed by atoms with Crippen LogP contribution in [0.15, 0.2) is 82.0 Å². The van der Waals surface area contributed by atoms with E-state index in [1.165, 1.54) is 11.1 Å². The van der Waals surface area contributed by atoms with Crippen molar-refractivity contribution in [2.45, 2.75) is 216 Å². The van der Waals surface area contributed by atoms with Crippen LogP contribution in [0.5, 0.6) is 11.5 Å². The first kappa shape index (κ1) is 55.1. The first-order chi connectivity index (χ1) is 31.0. The lowest BCUT2D eigenvalue weighted by Gasteiger charge is -2.42. The molecule has 4 aliphatic rings. The number of allylic oxidation sites excluding steroid dienone is 12. The summed E-state index contributed by atoms with van der Waals surface area (Å²) in [4.78, 5) is 30.0. The normalized spacial score (nSPS) is 23.1. The minimum atomic E-state index is -0.609. The Morgan fingerprint density at radius 2 is 0.514 bits per heavy atom. The van der Waals surface area contributed by atoms with Gasteiger partial charge in [0.2, 0.25) is 0 Å². The smallest absolute Gasteiger partial charge is 0.186 e. The average molecular weight is 949 g/mol. The summed E-state index contributed by atoms with van der Waals surface area (Å²) in [6.07, 6.45) is 8.86. The SMILES string of the molecule is CC(C)(C)C1=CC(=C(c2c(C(C)(C)C)cc([O])cc2C(C)(C)C)C23C(C)(C)C2(C(=C2C=C(C(C)(C)C)C(=O)C(C(C)(C)C)=C2)c2c(C(C)(C)C)cc([O])cc2C(C)(C)C)C3(C)C)C=C(C(C)(C)C)C1=O. The molecule has 0 amide bonds. The molecule has 0 bridgehead atoms. The van der Waals surface area contributed by atoms with Gasteiger partial charge >= 0.3 is 0 Å². The minimum Gasteiger partial charge on any atom is -0.290 e. The molecule has 70 heavy (non-hydrogen) atoms. The molecule has 2 aromatic carbocycles. The zero-order chi connectivity index (χ0) is 54.0. The van der Waals surface area contributed by atoms with Gasteiger partial charge in [0.1, 0.15) is 0 Å². The second-order valence-corrected chi connectivity index (χ2v) is 31.1. The number of hydrogen-bond acceptors (Lipinski definition) is 2. The second-order valence-electron chi connectivity index (χ2n) is 31.1. The van der Waals surface area contributed by atoms with Gasteiger partial charge in [-0.3, -0.25) is 19.8 Å². The maximum Gasteiger partial charge on any atom is 0.186 e. The van der Waals surface area contributed by atoms with E-state index in [-0.39, 0.29) is 23.1 Å². The molecule has 0 aliphatic heterocycles. The largest absolute Gasteiger partial charge is 0.290 e. The molecule has 4 heteroatoms.